The standard InChI is InChI=1S/C5H5AsN/c6-5-1-3-7-4-2-5/h1,3-4H,6H2. The minimum atomic E-state index is 1.20. The Hall–Kier alpha value is -0.292. The normalized spacial score (nSPS) is 8.71. The van der Waals surface area contributed by atoms with Gasteiger partial charge >= 0.3 is 50.7 Å². The van der Waals surface area contributed by atoms with Crippen molar-refractivity contribution in [1.29, 1.82) is 0 Å². The summed E-state index contributed by atoms with van der Waals surface area (Å²) in [5.74, 6) is 0. The minimum absolute atomic E-state index is 1.20. The van der Waals surface area contributed by atoms with Crippen molar-refractivity contribution < 1.29 is 0 Å². The van der Waals surface area contributed by atoms with Crippen LogP contribution in [0.1, 0.15) is 0 Å². The Kier molecular flexibility index (Phi) is 1.48. The molecule has 0 bridgehead atoms. The molecular weight excluding hydrogens is 149 g/mol. The molecular formula is C5H5AsN. The summed E-state index contributed by atoms with van der Waals surface area (Å²) in [6, 6.07) is 4.89. The van der Waals surface area contributed by atoms with Crippen LogP contribution in [0.4, 0.5) is 0 Å². The Morgan fingerprint density at radius 3 is 2.86 bits per heavy atom. The first kappa shape index (κ1) is 4.86. The van der Waals surface area contributed by atoms with Crippen molar-refractivity contribution in [2.75, 3.05) is 0 Å². The number of rotatable bonds is 0. The van der Waals surface area contributed by atoms with Gasteiger partial charge in [-0.2, -0.15) is 0 Å². The van der Waals surface area contributed by atoms with E-state index < -0.39 is 0 Å². The molecule has 1 atom stereocenters. The van der Waals surface area contributed by atoms with E-state index in [1.165, 1.54) is 4.35 Å². The van der Waals surface area contributed by atoms with E-state index in [-0.39, 0.29) is 0 Å². The van der Waals surface area contributed by atoms with E-state index in [1.54, 1.807) is 29.2 Å². The predicted molar refractivity (Wildman–Crippen MR) is 31.3 cm³/mol. The Morgan fingerprint density at radius 2 is 2.57 bits per heavy atom. The van der Waals surface area contributed by atoms with Gasteiger partial charge in [0.15, 0.2) is 0 Å². The SMILES string of the molecule is [AsH2]c1[c]cncc1. The van der Waals surface area contributed by atoms with Crippen LogP contribution in [0.15, 0.2) is 18.5 Å². The molecule has 0 saturated heterocycles. The number of pyridine rings is 1. The monoisotopic (exact) mass is 154 g/mol. The second kappa shape index (κ2) is 2.13. The van der Waals surface area contributed by atoms with Crippen LogP contribution in [0.25, 0.3) is 0 Å². The van der Waals surface area contributed by atoms with Gasteiger partial charge in [0.05, 0.1) is 0 Å². The van der Waals surface area contributed by atoms with Crippen molar-refractivity contribution in [1.82, 2.24) is 4.98 Å². The van der Waals surface area contributed by atoms with Crippen molar-refractivity contribution in [2.45, 2.75) is 0 Å². The second-order valence-corrected chi connectivity index (χ2v) is 2.50. The van der Waals surface area contributed by atoms with Gasteiger partial charge in [0.1, 0.15) is 0 Å². The molecule has 0 aliphatic rings. The van der Waals surface area contributed by atoms with Gasteiger partial charge < -0.3 is 0 Å². The molecule has 0 saturated carbocycles. The molecule has 0 aliphatic carbocycles. The van der Waals surface area contributed by atoms with E-state index in [0.29, 0.717) is 0 Å². The summed E-state index contributed by atoms with van der Waals surface area (Å²) in [5, 5.41) is 0. The number of nitrogens with zero attached hydrogens (tertiary/aromatic N) is 1. The average Bonchev–Trinajstić information content (AvgIpc) is 1.69. The first-order chi connectivity index (χ1) is 3.39. The maximum atomic E-state index is 3.80. The fourth-order valence-electron chi connectivity index (χ4n) is 0.326. The third-order valence-corrected chi connectivity index (χ3v) is 1.40. The van der Waals surface area contributed by atoms with Gasteiger partial charge in [-0.15, -0.1) is 0 Å². The predicted octanol–water partition coefficient (Wildman–Crippen LogP) is -0.860. The van der Waals surface area contributed by atoms with Gasteiger partial charge in [-0.05, 0) is 0 Å². The Bertz CT molecular complexity index is 138. The van der Waals surface area contributed by atoms with E-state index in [4.69, 9.17) is 0 Å². The van der Waals surface area contributed by atoms with Crippen LogP contribution in [0.2, 0.25) is 0 Å². The molecule has 7 heavy (non-hydrogen) atoms. The molecule has 0 aliphatic heterocycles. The molecule has 1 aromatic heterocycles. The average molecular weight is 154 g/mol. The van der Waals surface area contributed by atoms with Crippen LogP contribution in [0, 0.1) is 6.07 Å². The zero-order chi connectivity index (χ0) is 5.11. The fraction of sp³-hybridized carbons (Fsp3) is 0. The molecule has 0 amide bonds. The van der Waals surface area contributed by atoms with Gasteiger partial charge in [0.2, 0.25) is 0 Å². The summed E-state index contributed by atoms with van der Waals surface area (Å²) in [6.45, 7) is 0. The van der Waals surface area contributed by atoms with Gasteiger partial charge in [-0.3, -0.25) is 0 Å². The number of hydrogen-bond acceptors (Lipinski definition) is 1. The fourth-order valence-corrected chi connectivity index (χ4v) is 0.663. The molecule has 1 heterocycles. The summed E-state index contributed by atoms with van der Waals surface area (Å²) >= 11 is 1.58. The van der Waals surface area contributed by atoms with E-state index in [9.17, 15) is 0 Å². The van der Waals surface area contributed by atoms with Crippen molar-refractivity contribution in [3.63, 3.8) is 0 Å². The molecule has 0 spiro atoms. The van der Waals surface area contributed by atoms with Crippen LogP contribution in [-0.2, 0) is 0 Å². The van der Waals surface area contributed by atoms with Crippen LogP contribution in [-0.4, -0.2) is 21.8 Å². The molecule has 0 fully saturated rings. The molecule has 2 heteroatoms. The van der Waals surface area contributed by atoms with Crippen LogP contribution in [0.3, 0.4) is 0 Å². The number of hydrogen-bond donors (Lipinski definition) is 0. The van der Waals surface area contributed by atoms with Crippen molar-refractivity contribution in [3.8, 4) is 0 Å². The van der Waals surface area contributed by atoms with Gasteiger partial charge in [0, 0.05) is 0 Å². The van der Waals surface area contributed by atoms with E-state index in [2.05, 4.69) is 11.1 Å². The topological polar surface area (TPSA) is 12.9 Å². The molecule has 0 aromatic carbocycles. The third kappa shape index (κ3) is 1.32. The van der Waals surface area contributed by atoms with E-state index >= 15 is 0 Å². The van der Waals surface area contributed by atoms with Crippen molar-refractivity contribution in [2.24, 2.45) is 0 Å². The zero-order valence-corrected chi connectivity index (χ0v) is 6.18. The quantitative estimate of drug-likeness (QED) is 0.443. The molecule has 1 unspecified atom stereocenters. The third-order valence-electron chi connectivity index (χ3n) is 0.646. The van der Waals surface area contributed by atoms with E-state index in [0.717, 1.165) is 0 Å². The molecule has 0 N–H and O–H groups in total. The molecule has 1 aromatic rings. The van der Waals surface area contributed by atoms with Gasteiger partial charge in [0.25, 0.3) is 0 Å². The zero-order valence-electron chi connectivity index (χ0n) is 3.76. The molecule has 1 radical (unpaired) electrons. The molecule has 35 valence electrons. The van der Waals surface area contributed by atoms with Crippen molar-refractivity contribution in [3.05, 3.63) is 24.5 Å². The Morgan fingerprint density at radius 1 is 1.71 bits per heavy atom. The maximum absolute atomic E-state index is 3.80. The summed E-state index contributed by atoms with van der Waals surface area (Å²) in [6.07, 6.45) is 3.45. The van der Waals surface area contributed by atoms with Gasteiger partial charge in [-0.1, -0.05) is 0 Å². The first-order valence-corrected chi connectivity index (χ1v) is 3.18. The van der Waals surface area contributed by atoms with Gasteiger partial charge in [-0.25, -0.2) is 0 Å². The van der Waals surface area contributed by atoms with Crippen molar-refractivity contribution >= 4 is 21.2 Å². The summed E-state index contributed by atoms with van der Waals surface area (Å²) in [5.41, 5.74) is 0. The Balaban J connectivity index is 3.02. The Labute approximate surface area is 51.3 Å². The van der Waals surface area contributed by atoms with Crippen LogP contribution in [0.5, 0.6) is 0 Å². The molecule has 1 nitrogen and oxygen atoms in total. The van der Waals surface area contributed by atoms with Crippen LogP contribution >= 0.6 is 0 Å². The summed E-state index contributed by atoms with van der Waals surface area (Å²) < 4.78 is 1.20. The number of aromatic nitrogens is 1. The summed E-state index contributed by atoms with van der Waals surface area (Å²) in [7, 11) is 0. The molecule has 1 rings (SSSR count). The van der Waals surface area contributed by atoms with Crippen LogP contribution < -0.4 is 4.35 Å². The second-order valence-electron chi connectivity index (χ2n) is 1.19. The van der Waals surface area contributed by atoms with E-state index in [1.807, 2.05) is 6.07 Å². The summed E-state index contributed by atoms with van der Waals surface area (Å²) in [4.78, 5) is 3.80. The first-order valence-electron chi connectivity index (χ1n) is 1.97.